The molecular formula is C5H8NOTi-. The molecule has 0 unspecified atom stereocenters. The first kappa shape index (κ1) is 11.0. The predicted molar refractivity (Wildman–Crippen MR) is 27.5 cm³/mol. The van der Waals surface area contributed by atoms with Crippen molar-refractivity contribution in [3.8, 4) is 0 Å². The molecule has 0 fully saturated rings. The smallest absolute Gasteiger partial charge is 0 e. The molecule has 0 amide bonds. The Hall–Kier alpha value is 0.114. The first-order valence-corrected chi connectivity index (χ1v) is 1.98. The fourth-order valence-corrected chi connectivity index (χ4v) is 0.340. The van der Waals surface area contributed by atoms with Crippen LogP contribution in [0.4, 0.5) is 0 Å². The van der Waals surface area contributed by atoms with Crippen molar-refractivity contribution in [1.82, 2.24) is 0 Å². The van der Waals surface area contributed by atoms with Gasteiger partial charge in [-0.15, -0.1) is 6.42 Å². The van der Waals surface area contributed by atoms with Crippen LogP contribution < -0.4 is 5.90 Å². The van der Waals surface area contributed by atoms with Crippen LogP contribution in [-0.4, -0.2) is 5.21 Å². The summed E-state index contributed by atoms with van der Waals surface area (Å²) in [5.74, 6) is 3.50. The van der Waals surface area contributed by atoms with E-state index >= 15 is 0 Å². The number of rotatable bonds is 0. The third-order valence-electron chi connectivity index (χ3n) is 0.586. The van der Waals surface area contributed by atoms with E-state index in [1.54, 1.807) is 0 Å². The van der Waals surface area contributed by atoms with E-state index < -0.39 is 0 Å². The zero-order valence-corrected chi connectivity index (χ0v) is 6.03. The Morgan fingerprint density at radius 1 is 1.50 bits per heavy atom. The second-order valence-corrected chi connectivity index (χ2v) is 1.00. The second-order valence-electron chi connectivity index (χ2n) is 1.00. The van der Waals surface area contributed by atoms with Crippen molar-refractivity contribution in [3.63, 3.8) is 0 Å². The van der Waals surface area contributed by atoms with Crippen LogP contribution in [0.15, 0.2) is 18.2 Å². The minimum Gasteiger partial charge on any atom is -0.320 e. The molecule has 0 heterocycles. The molecule has 8 heavy (non-hydrogen) atoms. The normalized spacial score (nSPS) is 11.8. The van der Waals surface area contributed by atoms with Crippen LogP contribution in [0.25, 0.3) is 0 Å². The van der Waals surface area contributed by atoms with E-state index in [9.17, 15) is 0 Å². The molecule has 3 heteroatoms. The van der Waals surface area contributed by atoms with Crippen LogP contribution in [0.2, 0.25) is 0 Å². The van der Waals surface area contributed by atoms with Crippen molar-refractivity contribution >= 4 is 0 Å². The minimum atomic E-state index is 0. The van der Waals surface area contributed by atoms with Crippen LogP contribution in [-0.2, 0) is 21.7 Å². The van der Waals surface area contributed by atoms with Crippen LogP contribution in [0.5, 0.6) is 0 Å². The quantitative estimate of drug-likeness (QED) is 0.299. The summed E-state index contributed by atoms with van der Waals surface area (Å²) in [6, 6.07) is 0. The molecule has 0 saturated heterocycles. The van der Waals surface area contributed by atoms with E-state index in [-0.39, 0.29) is 21.7 Å². The fraction of sp³-hybridized carbons (Fsp3) is 0.200. The Balaban J connectivity index is 0. The van der Waals surface area contributed by atoms with E-state index in [1.165, 1.54) is 0 Å². The van der Waals surface area contributed by atoms with E-state index in [2.05, 4.69) is 18.0 Å². The molecule has 1 rings (SSSR count). The maximum Gasteiger partial charge on any atom is 0 e. The average molecular weight is 146 g/mol. The summed E-state index contributed by atoms with van der Waals surface area (Å²) in [5.41, 5.74) is 0. The summed E-state index contributed by atoms with van der Waals surface area (Å²) < 4.78 is 0. The fourth-order valence-electron chi connectivity index (χ4n) is 0.340. The Bertz CT molecular complexity index is 70.5. The van der Waals surface area contributed by atoms with Gasteiger partial charge in [-0.05, 0) is 0 Å². The van der Waals surface area contributed by atoms with Crippen molar-refractivity contribution in [3.05, 3.63) is 24.3 Å². The van der Waals surface area contributed by atoms with Crippen LogP contribution >= 0.6 is 0 Å². The summed E-state index contributed by atoms with van der Waals surface area (Å²) in [6.07, 6.45) is 10.0. The molecule has 0 radical (unpaired) electrons. The van der Waals surface area contributed by atoms with E-state index in [1.807, 2.05) is 12.2 Å². The monoisotopic (exact) mass is 146 g/mol. The number of hydrogen-bond donors (Lipinski definition) is 2. The summed E-state index contributed by atoms with van der Waals surface area (Å²) in [4.78, 5) is 0. The average Bonchev–Trinajstić information content (AvgIpc) is 2.23. The predicted octanol–water partition coefficient (Wildman–Crippen LogP) is 0.637. The largest absolute Gasteiger partial charge is 0.320 e. The third kappa shape index (κ3) is 6.11. The Kier molecular flexibility index (Phi) is 14.0. The molecular weight excluding hydrogens is 138 g/mol. The zero-order valence-electron chi connectivity index (χ0n) is 4.46. The van der Waals surface area contributed by atoms with Gasteiger partial charge in [0.05, 0.1) is 0 Å². The van der Waals surface area contributed by atoms with Gasteiger partial charge in [-0.25, -0.2) is 18.0 Å². The van der Waals surface area contributed by atoms with E-state index in [4.69, 9.17) is 5.21 Å². The first-order valence-electron chi connectivity index (χ1n) is 1.98. The molecule has 0 atom stereocenters. The number of allylic oxidation sites excluding steroid dienone is 4. The topological polar surface area (TPSA) is 46.2 Å². The number of nitrogens with two attached hydrogens (primary N) is 1. The van der Waals surface area contributed by atoms with Gasteiger partial charge in [-0.3, -0.25) is 6.08 Å². The Morgan fingerprint density at radius 3 is 2.25 bits per heavy atom. The molecule has 44 valence electrons. The van der Waals surface area contributed by atoms with Gasteiger partial charge < -0.3 is 5.21 Å². The van der Waals surface area contributed by atoms with Gasteiger partial charge in [0.1, 0.15) is 0 Å². The van der Waals surface area contributed by atoms with Gasteiger partial charge in [-0.2, -0.15) is 6.08 Å². The molecule has 3 N–H and O–H groups in total. The van der Waals surface area contributed by atoms with Crippen LogP contribution in [0.3, 0.4) is 0 Å². The zero-order chi connectivity index (χ0) is 5.54. The van der Waals surface area contributed by atoms with Gasteiger partial charge in [0, 0.05) is 21.7 Å². The summed E-state index contributed by atoms with van der Waals surface area (Å²) >= 11 is 0. The van der Waals surface area contributed by atoms with E-state index in [0.29, 0.717) is 0 Å². The van der Waals surface area contributed by atoms with Crippen LogP contribution in [0, 0.1) is 6.08 Å². The maximum atomic E-state index is 6.50. The van der Waals surface area contributed by atoms with Gasteiger partial charge in [-0.1, -0.05) is 0 Å². The van der Waals surface area contributed by atoms with Crippen molar-refractivity contribution in [2.24, 2.45) is 5.90 Å². The summed E-state index contributed by atoms with van der Waals surface area (Å²) in [6.45, 7) is 0. The maximum absolute atomic E-state index is 6.50. The van der Waals surface area contributed by atoms with Gasteiger partial charge >= 0.3 is 0 Å². The number of hydrogen-bond acceptors (Lipinski definition) is 2. The molecule has 0 aromatic rings. The van der Waals surface area contributed by atoms with Crippen LogP contribution in [0.1, 0.15) is 6.42 Å². The van der Waals surface area contributed by atoms with Gasteiger partial charge in [0.2, 0.25) is 0 Å². The SMILES string of the molecule is NO.[C-]1=CC=CC1.[Ti]. The molecule has 0 bridgehead atoms. The van der Waals surface area contributed by atoms with Crippen molar-refractivity contribution in [1.29, 1.82) is 0 Å². The molecule has 1 aliphatic carbocycles. The molecule has 0 saturated carbocycles. The summed E-state index contributed by atoms with van der Waals surface area (Å²) in [7, 11) is 0. The van der Waals surface area contributed by atoms with Gasteiger partial charge in [0.15, 0.2) is 0 Å². The molecule has 2 nitrogen and oxygen atoms in total. The molecule has 0 aromatic heterocycles. The summed E-state index contributed by atoms with van der Waals surface area (Å²) in [5, 5.41) is 6.50. The van der Waals surface area contributed by atoms with E-state index in [0.717, 1.165) is 6.42 Å². The first-order chi connectivity index (χ1) is 3.50. The molecule has 0 aliphatic heterocycles. The minimum absolute atomic E-state index is 0. The third-order valence-corrected chi connectivity index (χ3v) is 0.586. The molecule has 0 aromatic carbocycles. The van der Waals surface area contributed by atoms with Crippen molar-refractivity contribution in [2.75, 3.05) is 0 Å². The van der Waals surface area contributed by atoms with Crippen molar-refractivity contribution in [2.45, 2.75) is 6.42 Å². The second kappa shape index (κ2) is 10.2. The Morgan fingerprint density at radius 2 is 2.12 bits per heavy atom. The van der Waals surface area contributed by atoms with Gasteiger partial charge in [0.25, 0.3) is 0 Å². The van der Waals surface area contributed by atoms with Crippen molar-refractivity contribution < 1.29 is 26.9 Å². The Labute approximate surface area is 63.9 Å². The molecule has 1 aliphatic rings. The molecule has 0 spiro atoms. The standard InChI is InChI=1S/C5H5.H3NO.Ti/c1-2-4-5-3-1;1-2;/h1-3H,4H2;2H,1H2;/q-1;;.